The maximum Gasteiger partial charge on any atom is 0.255 e. The van der Waals surface area contributed by atoms with E-state index in [0.29, 0.717) is 30.2 Å². The molecule has 0 radical (unpaired) electrons. The van der Waals surface area contributed by atoms with E-state index in [2.05, 4.69) is 10.2 Å². The molecule has 0 unspecified atom stereocenters. The molecule has 29 heavy (non-hydrogen) atoms. The number of carbonyl (C=O) groups excluding carboxylic acids is 1. The molecule has 7 heteroatoms. The van der Waals surface area contributed by atoms with Gasteiger partial charge in [0.15, 0.2) is 0 Å². The van der Waals surface area contributed by atoms with Crippen LogP contribution in [-0.2, 0) is 11.3 Å². The molecular weight excluding hydrogens is 372 g/mol. The number of nitrogens with zero attached hydrogens (tertiary/aromatic N) is 1. The molecule has 1 N–H and O–H groups in total. The summed E-state index contributed by atoms with van der Waals surface area (Å²) >= 11 is 0. The number of benzene rings is 1. The van der Waals surface area contributed by atoms with E-state index >= 15 is 0 Å². The molecule has 1 saturated heterocycles. The summed E-state index contributed by atoms with van der Waals surface area (Å²) in [6.45, 7) is 5.53. The number of amides is 1. The third-order valence-corrected chi connectivity index (χ3v) is 5.03. The molecule has 0 spiro atoms. The Morgan fingerprint density at radius 3 is 2.66 bits per heavy atom. The number of likely N-dealkylation sites (tertiary alicyclic amines) is 1. The van der Waals surface area contributed by atoms with Crippen LogP contribution in [0.4, 0.5) is 0 Å². The van der Waals surface area contributed by atoms with Crippen molar-refractivity contribution in [2.45, 2.75) is 32.4 Å². The molecule has 1 fully saturated rings. The summed E-state index contributed by atoms with van der Waals surface area (Å²) < 4.78 is 22.2. The third kappa shape index (κ3) is 5.98. The molecule has 2 heterocycles. The summed E-state index contributed by atoms with van der Waals surface area (Å²) in [6.07, 6.45) is 1.84. The molecule has 0 aliphatic carbocycles. The number of hydrogen-bond donors (Lipinski definition) is 1. The summed E-state index contributed by atoms with van der Waals surface area (Å²) in [6, 6.07) is 9.32. The predicted molar refractivity (Wildman–Crippen MR) is 110 cm³/mol. The summed E-state index contributed by atoms with van der Waals surface area (Å²) in [5, 5.41) is 2.85. The normalized spacial score (nSPS) is 15.3. The van der Waals surface area contributed by atoms with Crippen molar-refractivity contribution in [3.63, 3.8) is 0 Å². The Morgan fingerprint density at radius 1 is 1.21 bits per heavy atom. The number of ether oxygens (including phenoxy) is 3. The van der Waals surface area contributed by atoms with E-state index in [0.717, 1.165) is 44.0 Å². The lowest BCUT2D eigenvalue weighted by Crippen LogP contribution is -2.38. The molecule has 158 valence electrons. The molecular formula is C22H30N2O5. The van der Waals surface area contributed by atoms with Gasteiger partial charge in [-0.15, -0.1) is 0 Å². The van der Waals surface area contributed by atoms with Crippen LogP contribution < -0.4 is 14.8 Å². The first-order valence-electron chi connectivity index (χ1n) is 9.98. The van der Waals surface area contributed by atoms with Gasteiger partial charge in [-0.05, 0) is 44.0 Å². The van der Waals surface area contributed by atoms with Gasteiger partial charge in [-0.3, -0.25) is 9.69 Å². The summed E-state index contributed by atoms with van der Waals surface area (Å²) in [7, 11) is 3.21. The van der Waals surface area contributed by atoms with Crippen molar-refractivity contribution in [1.29, 1.82) is 0 Å². The lowest BCUT2D eigenvalue weighted by atomic mass is 10.1. The van der Waals surface area contributed by atoms with E-state index in [1.807, 2.05) is 19.1 Å². The lowest BCUT2D eigenvalue weighted by molar-refractivity contribution is 0.0863. The van der Waals surface area contributed by atoms with Crippen molar-refractivity contribution >= 4 is 5.91 Å². The van der Waals surface area contributed by atoms with Gasteiger partial charge in [-0.25, -0.2) is 0 Å². The number of piperidine rings is 1. The maximum atomic E-state index is 12.5. The third-order valence-electron chi connectivity index (χ3n) is 5.03. The van der Waals surface area contributed by atoms with Gasteiger partial charge in [0.1, 0.15) is 29.1 Å². The van der Waals surface area contributed by atoms with E-state index in [1.165, 1.54) is 0 Å². The van der Waals surface area contributed by atoms with Crippen molar-refractivity contribution in [1.82, 2.24) is 10.2 Å². The SMILES string of the molecule is COCCNC(=O)c1ccc(OC)cc1OC1CCN(Cc2ccc(C)o2)CC1. The van der Waals surface area contributed by atoms with Crippen LogP contribution in [-0.4, -0.2) is 57.4 Å². The quantitative estimate of drug-likeness (QED) is 0.650. The van der Waals surface area contributed by atoms with E-state index < -0.39 is 0 Å². The molecule has 1 aromatic heterocycles. The van der Waals surface area contributed by atoms with Crippen LogP contribution in [0.25, 0.3) is 0 Å². The van der Waals surface area contributed by atoms with Crippen LogP contribution >= 0.6 is 0 Å². The standard InChI is InChI=1S/C22H30N2O5/c1-16-4-5-19(28-16)15-24-11-8-17(9-12-24)29-21-14-18(27-3)6-7-20(21)22(25)23-10-13-26-2/h4-7,14,17H,8-13,15H2,1-3H3,(H,23,25). The second-order valence-corrected chi connectivity index (χ2v) is 7.22. The zero-order valence-corrected chi connectivity index (χ0v) is 17.4. The Labute approximate surface area is 171 Å². The number of rotatable bonds is 9. The smallest absolute Gasteiger partial charge is 0.255 e. The number of hydrogen-bond acceptors (Lipinski definition) is 6. The summed E-state index contributed by atoms with van der Waals surface area (Å²) in [4.78, 5) is 14.9. The highest BCUT2D eigenvalue weighted by molar-refractivity contribution is 5.97. The maximum absolute atomic E-state index is 12.5. The molecule has 7 nitrogen and oxygen atoms in total. The van der Waals surface area contributed by atoms with Gasteiger partial charge < -0.3 is 23.9 Å². The predicted octanol–water partition coefficient (Wildman–Crippen LogP) is 3.02. The average molecular weight is 402 g/mol. The van der Waals surface area contributed by atoms with Crippen molar-refractivity contribution < 1.29 is 23.4 Å². The molecule has 1 amide bonds. The number of furan rings is 1. The van der Waals surface area contributed by atoms with Gasteiger partial charge in [0, 0.05) is 32.8 Å². The van der Waals surface area contributed by atoms with Crippen LogP contribution in [0.15, 0.2) is 34.7 Å². The van der Waals surface area contributed by atoms with E-state index in [-0.39, 0.29) is 12.0 Å². The zero-order chi connectivity index (χ0) is 20.6. The van der Waals surface area contributed by atoms with Gasteiger partial charge >= 0.3 is 0 Å². The minimum Gasteiger partial charge on any atom is -0.497 e. The fourth-order valence-corrected chi connectivity index (χ4v) is 3.43. The van der Waals surface area contributed by atoms with E-state index in [1.54, 1.807) is 32.4 Å². The number of aryl methyl sites for hydroxylation is 1. The van der Waals surface area contributed by atoms with E-state index in [9.17, 15) is 4.79 Å². The molecule has 1 aliphatic heterocycles. The van der Waals surface area contributed by atoms with Crippen LogP contribution in [0.2, 0.25) is 0 Å². The number of methoxy groups -OCH3 is 2. The molecule has 2 aromatic rings. The Hall–Kier alpha value is -2.51. The molecule has 1 aliphatic rings. The largest absolute Gasteiger partial charge is 0.497 e. The minimum absolute atomic E-state index is 0.0576. The van der Waals surface area contributed by atoms with Gasteiger partial charge in [0.2, 0.25) is 0 Å². The van der Waals surface area contributed by atoms with Gasteiger partial charge in [-0.1, -0.05) is 0 Å². The molecule has 0 atom stereocenters. The summed E-state index contributed by atoms with van der Waals surface area (Å²) in [5.74, 6) is 2.97. The highest BCUT2D eigenvalue weighted by Gasteiger charge is 2.23. The van der Waals surface area contributed by atoms with Crippen LogP contribution in [0.1, 0.15) is 34.7 Å². The topological polar surface area (TPSA) is 73.2 Å². The van der Waals surface area contributed by atoms with Crippen LogP contribution in [0.5, 0.6) is 11.5 Å². The Bertz CT molecular complexity index is 796. The first kappa shape index (κ1) is 21.2. The second-order valence-electron chi connectivity index (χ2n) is 7.22. The first-order valence-corrected chi connectivity index (χ1v) is 9.98. The molecule has 3 rings (SSSR count). The lowest BCUT2D eigenvalue weighted by Gasteiger charge is -2.32. The average Bonchev–Trinajstić information content (AvgIpc) is 3.14. The highest BCUT2D eigenvalue weighted by Crippen LogP contribution is 2.28. The second kappa shape index (κ2) is 10.3. The van der Waals surface area contributed by atoms with Gasteiger partial charge in [0.25, 0.3) is 5.91 Å². The Morgan fingerprint density at radius 2 is 2.00 bits per heavy atom. The van der Waals surface area contributed by atoms with Crippen molar-refractivity contribution in [2.24, 2.45) is 0 Å². The monoisotopic (exact) mass is 402 g/mol. The number of carbonyl (C=O) groups is 1. The van der Waals surface area contributed by atoms with Crippen LogP contribution in [0, 0.1) is 6.92 Å². The van der Waals surface area contributed by atoms with Crippen molar-refractivity contribution in [3.8, 4) is 11.5 Å². The summed E-state index contributed by atoms with van der Waals surface area (Å²) in [5.41, 5.74) is 0.510. The molecule has 1 aromatic carbocycles. The van der Waals surface area contributed by atoms with E-state index in [4.69, 9.17) is 18.6 Å². The Balaban J connectivity index is 1.59. The van der Waals surface area contributed by atoms with Crippen molar-refractivity contribution in [3.05, 3.63) is 47.4 Å². The molecule has 0 bridgehead atoms. The highest BCUT2D eigenvalue weighted by atomic mass is 16.5. The zero-order valence-electron chi connectivity index (χ0n) is 17.4. The first-order chi connectivity index (χ1) is 14.1. The van der Waals surface area contributed by atoms with Crippen molar-refractivity contribution in [2.75, 3.05) is 40.5 Å². The van der Waals surface area contributed by atoms with Gasteiger partial charge in [0.05, 0.1) is 25.8 Å². The number of nitrogens with one attached hydrogen (secondary N) is 1. The Kier molecular flexibility index (Phi) is 7.55. The fraction of sp³-hybridized carbons (Fsp3) is 0.500. The van der Waals surface area contributed by atoms with Crippen LogP contribution in [0.3, 0.4) is 0 Å². The minimum atomic E-state index is -0.176. The molecule has 0 saturated carbocycles. The van der Waals surface area contributed by atoms with Gasteiger partial charge in [-0.2, -0.15) is 0 Å². The fourth-order valence-electron chi connectivity index (χ4n) is 3.43.